The first-order valence-electron chi connectivity index (χ1n) is 8.24. The molecule has 0 saturated heterocycles. The lowest BCUT2D eigenvalue weighted by atomic mass is 10.2. The Bertz CT molecular complexity index is 801. The number of hydrogen-bond acceptors (Lipinski definition) is 4. The highest BCUT2D eigenvalue weighted by Crippen LogP contribution is 2.16. The third-order valence-electron chi connectivity index (χ3n) is 3.59. The Hall–Kier alpha value is -2.65. The Balaban J connectivity index is 1.66. The molecule has 1 heterocycles. The van der Waals surface area contributed by atoms with Crippen LogP contribution in [-0.4, -0.2) is 24.0 Å². The topological polar surface area (TPSA) is 75.0 Å². The molecule has 7 heteroatoms. The summed E-state index contributed by atoms with van der Waals surface area (Å²) in [5.41, 5.74) is 1.41. The summed E-state index contributed by atoms with van der Waals surface area (Å²) < 4.78 is 18.8. The molecule has 0 unspecified atom stereocenters. The molecule has 1 aromatic heterocycles. The number of pyridine rings is 1. The maximum atomic E-state index is 13.2. The predicted molar refractivity (Wildman–Crippen MR) is 96.8 cm³/mol. The van der Waals surface area contributed by atoms with Gasteiger partial charge in [-0.15, -0.1) is 0 Å². The van der Waals surface area contributed by atoms with E-state index in [0.29, 0.717) is 24.6 Å². The fourth-order valence-corrected chi connectivity index (χ4v) is 2.51. The molecule has 0 bridgehead atoms. The Morgan fingerprint density at radius 1 is 1.31 bits per heavy atom. The highest BCUT2D eigenvalue weighted by Gasteiger charge is 2.08. The summed E-state index contributed by atoms with van der Waals surface area (Å²) in [6.07, 6.45) is 2.35. The van der Waals surface area contributed by atoms with Crippen LogP contribution in [0.2, 0.25) is 5.02 Å². The van der Waals surface area contributed by atoms with E-state index in [1.807, 2.05) is 13.0 Å². The zero-order valence-electron chi connectivity index (χ0n) is 14.4. The van der Waals surface area contributed by atoms with Crippen molar-refractivity contribution in [1.29, 1.82) is 5.26 Å². The van der Waals surface area contributed by atoms with Crippen LogP contribution in [0.25, 0.3) is 0 Å². The van der Waals surface area contributed by atoms with Gasteiger partial charge in [0.25, 0.3) is 5.91 Å². The SMILES string of the molecule is Cc1ccc(C#N)c(OCCCCCNC(=O)c2cc(F)cc(Cl)c2)n1. The van der Waals surface area contributed by atoms with E-state index in [1.54, 1.807) is 12.1 Å². The molecule has 2 aromatic rings. The van der Waals surface area contributed by atoms with Gasteiger partial charge in [-0.3, -0.25) is 4.79 Å². The molecule has 0 aliphatic carbocycles. The number of carbonyl (C=O) groups excluding carboxylic acids is 1. The number of hydrogen-bond donors (Lipinski definition) is 1. The van der Waals surface area contributed by atoms with Crippen LogP contribution in [-0.2, 0) is 0 Å². The molecule has 5 nitrogen and oxygen atoms in total. The lowest BCUT2D eigenvalue weighted by molar-refractivity contribution is 0.0952. The van der Waals surface area contributed by atoms with Crippen molar-refractivity contribution < 1.29 is 13.9 Å². The minimum atomic E-state index is -0.540. The molecule has 2 rings (SSSR count). The molecule has 1 aromatic carbocycles. The molecule has 1 amide bonds. The molecule has 0 atom stereocenters. The third-order valence-corrected chi connectivity index (χ3v) is 3.81. The molecule has 0 aliphatic heterocycles. The second-order valence-corrected chi connectivity index (χ2v) is 6.18. The number of ether oxygens (including phenoxy) is 1. The van der Waals surface area contributed by atoms with Crippen molar-refractivity contribution in [1.82, 2.24) is 10.3 Å². The van der Waals surface area contributed by atoms with Crippen LogP contribution in [0.5, 0.6) is 5.88 Å². The maximum absolute atomic E-state index is 13.2. The number of nitrogens with zero attached hydrogens (tertiary/aromatic N) is 2. The van der Waals surface area contributed by atoms with Gasteiger partial charge in [0.1, 0.15) is 17.4 Å². The zero-order chi connectivity index (χ0) is 18.9. The molecular weight excluding hydrogens is 357 g/mol. The summed E-state index contributed by atoms with van der Waals surface area (Å²) in [6.45, 7) is 2.75. The van der Waals surface area contributed by atoms with Crippen molar-refractivity contribution in [3.8, 4) is 11.9 Å². The zero-order valence-corrected chi connectivity index (χ0v) is 15.1. The molecule has 1 N–H and O–H groups in total. The normalized spacial score (nSPS) is 10.2. The molecule has 0 aliphatic rings. The number of carbonyl (C=O) groups is 1. The van der Waals surface area contributed by atoms with E-state index in [-0.39, 0.29) is 16.5 Å². The van der Waals surface area contributed by atoms with Crippen LogP contribution in [0.4, 0.5) is 4.39 Å². The van der Waals surface area contributed by atoms with E-state index >= 15 is 0 Å². The second kappa shape index (κ2) is 9.73. The van der Waals surface area contributed by atoms with E-state index < -0.39 is 5.82 Å². The summed E-state index contributed by atoms with van der Waals surface area (Å²) in [4.78, 5) is 16.1. The Morgan fingerprint density at radius 3 is 2.85 bits per heavy atom. The quantitative estimate of drug-likeness (QED) is 0.707. The smallest absolute Gasteiger partial charge is 0.251 e. The van der Waals surface area contributed by atoms with Crippen molar-refractivity contribution >= 4 is 17.5 Å². The van der Waals surface area contributed by atoms with Crippen molar-refractivity contribution in [3.63, 3.8) is 0 Å². The van der Waals surface area contributed by atoms with Crippen molar-refractivity contribution in [2.75, 3.05) is 13.2 Å². The van der Waals surface area contributed by atoms with Crippen molar-refractivity contribution in [2.24, 2.45) is 0 Å². The highest BCUT2D eigenvalue weighted by atomic mass is 35.5. The number of aryl methyl sites for hydroxylation is 1. The van der Waals surface area contributed by atoms with Crippen LogP contribution < -0.4 is 10.1 Å². The summed E-state index contributed by atoms with van der Waals surface area (Å²) in [5, 5.41) is 11.9. The maximum Gasteiger partial charge on any atom is 0.251 e. The molecule has 26 heavy (non-hydrogen) atoms. The van der Waals surface area contributed by atoms with Crippen LogP contribution >= 0.6 is 11.6 Å². The van der Waals surface area contributed by atoms with E-state index in [4.69, 9.17) is 21.6 Å². The number of aromatic nitrogens is 1. The summed E-state index contributed by atoms with van der Waals surface area (Å²) in [6, 6.07) is 9.23. The standard InChI is InChI=1S/C19H19ClFN3O2/c1-13-5-6-14(12-22)19(24-13)26-8-4-2-3-7-23-18(25)15-9-16(20)11-17(21)10-15/h5-6,9-11H,2-4,7-8H2,1H3,(H,23,25). The number of nitriles is 1. The first-order valence-corrected chi connectivity index (χ1v) is 8.62. The summed E-state index contributed by atoms with van der Waals surface area (Å²) in [7, 11) is 0. The van der Waals surface area contributed by atoms with Gasteiger partial charge in [-0.1, -0.05) is 11.6 Å². The van der Waals surface area contributed by atoms with Gasteiger partial charge in [0, 0.05) is 22.8 Å². The van der Waals surface area contributed by atoms with Crippen LogP contribution in [0.3, 0.4) is 0 Å². The molecule has 0 radical (unpaired) electrons. The van der Waals surface area contributed by atoms with E-state index in [2.05, 4.69) is 10.3 Å². The second-order valence-electron chi connectivity index (χ2n) is 5.74. The number of unbranched alkanes of at least 4 members (excludes halogenated alkanes) is 2. The highest BCUT2D eigenvalue weighted by molar-refractivity contribution is 6.31. The molecule has 0 spiro atoms. The lowest BCUT2D eigenvalue weighted by Crippen LogP contribution is -2.24. The average molecular weight is 376 g/mol. The molecule has 0 fully saturated rings. The molecular formula is C19H19ClFN3O2. The first-order chi connectivity index (χ1) is 12.5. The average Bonchev–Trinajstić information content (AvgIpc) is 2.60. The third kappa shape index (κ3) is 6.01. The predicted octanol–water partition coefficient (Wildman–Crippen LogP) is 4.03. The van der Waals surface area contributed by atoms with Gasteiger partial charge < -0.3 is 10.1 Å². The summed E-state index contributed by atoms with van der Waals surface area (Å²) >= 11 is 5.74. The van der Waals surface area contributed by atoms with Gasteiger partial charge >= 0.3 is 0 Å². The van der Waals surface area contributed by atoms with Gasteiger partial charge in [0.05, 0.1) is 6.61 Å². The van der Waals surface area contributed by atoms with Crippen LogP contribution in [0.15, 0.2) is 30.3 Å². The van der Waals surface area contributed by atoms with Gasteiger partial charge in [0.2, 0.25) is 5.88 Å². The number of rotatable bonds is 8. The monoisotopic (exact) mass is 375 g/mol. The van der Waals surface area contributed by atoms with E-state index in [9.17, 15) is 9.18 Å². The Labute approximate surface area is 156 Å². The van der Waals surface area contributed by atoms with Crippen LogP contribution in [0, 0.1) is 24.1 Å². The Morgan fingerprint density at radius 2 is 2.12 bits per heavy atom. The first kappa shape index (κ1) is 19.7. The Kier molecular flexibility index (Phi) is 7.37. The van der Waals surface area contributed by atoms with Gasteiger partial charge in [-0.2, -0.15) is 5.26 Å². The number of amides is 1. The number of benzene rings is 1. The fourth-order valence-electron chi connectivity index (χ4n) is 2.29. The largest absolute Gasteiger partial charge is 0.477 e. The van der Waals surface area contributed by atoms with Crippen molar-refractivity contribution in [2.45, 2.75) is 26.2 Å². The summed E-state index contributed by atoms with van der Waals surface area (Å²) in [5.74, 6) is -0.546. The number of nitrogens with one attached hydrogen (secondary N) is 1. The minimum absolute atomic E-state index is 0.189. The van der Waals surface area contributed by atoms with E-state index in [0.717, 1.165) is 37.1 Å². The van der Waals surface area contributed by atoms with Gasteiger partial charge in [-0.25, -0.2) is 9.37 Å². The van der Waals surface area contributed by atoms with Gasteiger partial charge in [0.15, 0.2) is 0 Å². The fraction of sp³-hybridized carbons (Fsp3) is 0.316. The van der Waals surface area contributed by atoms with Gasteiger partial charge in [-0.05, 0) is 56.5 Å². The molecule has 136 valence electrons. The van der Waals surface area contributed by atoms with Crippen molar-refractivity contribution in [3.05, 3.63) is 58.0 Å². The van der Waals surface area contributed by atoms with Crippen LogP contribution in [0.1, 0.15) is 40.9 Å². The minimum Gasteiger partial charge on any atom is -0.477 e. The molecule has 0 saturated carbocycles. The number of halogens is 2. The lowest BCUT2D eigenvalue weighted by Gasteiger charge is -2.08. The van der Waals surface area contributed by atoms with E-state index in [1.165, 1.54) is 6.07 Å².